The van der Waals surface area contributed by atoms with Crippen LogP contribution in [0.2, 0.25) is 0 Å². The normalized spacial score (nSPS) is 21.7. The summed E-state index contributed by atoms with van der Waals surface area (Å²) in [6, 6.07) is 1.27. The molecule has 2 atom stereocenters. The van der Waals surface area contributed by atoms with Crippen LogP contribution in [0, 0.1) is 11.2 Å². The fourth-order valence-electron chi connectivity index (χ4n) is 3.12. The van der Waals surface area contributed by atoms with Gasteiger partial charge in [0, 0.05) is 17.7 Å². The minimum atomic E-state index is -3.78. The van der Waals surface area contributed by atoms with Crippen molar-refractivity contribution in [2.24, 2.45) is 10.6 Å². The zero-order valence-corrected chi connectivity index (χ0v) is 15.4. The van der Waals surface area contributed by atoms with Crippen molar-refractivity contribution in [1.29, 1.82) is 0 Å². The molecule has 26 heavy (non-hydrogen) atoms. The molecule has 1 aliphatic carbocycles. The van der Waals surface area contributed by atoms with Gasteiger partial charge in [-0.15, -0.1) is 11.3 Å². The van der Waals surface area contributed by atoms with E-state index in [1.165, 1.54) is 18.5 Å². The van der Waals surface area contributed by atoms with E-state index in [0.717, 1.165) is 17.5 Å². The second kappa shape index (κ2) is 5.63. The molecule has 3 aromatic rings. The smallest absolute Gasteiger partial charge is 0.249 e. The van der Waals surface area contributed by atoms with Crippen molar-refractivity contribution in [3.63, 3.8) is 0 Å². The van der Waals surface area contributed by atoms with Gasteiger partial charge in [-0.1, -0.05) is 19.0 Å². The Morgan fingerprint density at radius 2 is 2.04 bits per heavy atom. The highest BCUT2D eigenvalue weighted by molar-refractivity contribution is 7.91. The van der Waals surface area contributed by atoms with Gasteiger partial charge in [0.05, 0.1) is 23.3 Å². The van der Waals surface area contributed by atoms with Crippen molar-refractivity contribution in [3.05, 3.63) is 41.4 Å². The molecular weight excluding hydrogens is 381 g/mol. The first-order valence-corrected chi connectivity index (χ1v) is 9.97. The van der Waals surface area contributed by atoms with Gasteiger partial charge in [0.1, 0.15) is 5.82 Å². The first kappa shape index (κ1) is 17.2. The molecule has 3 aromatic heterocycles. The molecule has 0 bridgehead atoms. The minimum absolute atomic E-state index is 0.0194. The largest absolute Gasteiger partial charge is 0.339 e. The van der Waals surface area contributed by atoms with Crippen molar-refractivity contribution >= 4 is 21.4 Å². The average Bonchev–Trinajstić information content (AvgIpc) is 3.00. The molecule has 1 aliphatic rings. The van der Waals surface area contributed by atoms with Crippen LogP contribution in [0.5, 0.6) is 0 Å². The Hall–Kier alpha value is -2.24. The predicted octanol–water partition coefficient (Wildman–Crippen LogP) is 2.28. The summed E-state index contributed by atoms with van der Waals surface area (Å²) in [7, 11) is -3.78. The molecule has 0 aliphatic heterocycles. The summed E-state index contributed by atoms with van der Waals surface area (Å²) >= 11 is 1.04. The van der Waals surface area contributed by atoms with E-state index in [1.54, 1.807) is 0 Å². The highest BCUT2D eigenvalue weighted by atomic mass is 32.2. The predicted molar refractivity (Wildman–Crippen MR) is 90.2 cm³/mol. The second-order valence-corrected chi connectivity index (χ2v) is 9.54. The molecule has 1 saturated carbocycles. The molecule has 4 rings (SSSR count). The molecule has 11 heteroatoms. The van der Waals surface area contributed by atoms with Crippen molar-refractivity contribution in [2.45, 2.75) is 29.9 Å². The summed E-state index contributed by atoms with van der Waals surface area (Å²) in [5, 5.41) is 9.70. The van der Waals surface area contributed by atoms with Crippen LogP contribution in [0.25, 0.3) is 11.4 Å². The van der Waals surface area contributed by atoms with Gasteiger partial charge in [-0.05, 0) is 11.5 Å². The van der Waals surface area contributed by atoms with E-state index in [4.69, 9.17) is 9.66 Å². The molecule has 2 N–H and O–H groups in total. The van der Waals surface area contributed by atoms with E-state index < -0.39 is 15.8 Å². The van der Waals surface area contributed by atoms with E-state index >= 15 is 0 Å². The lowest BCUT2D eigenvalue weighted by molar-refractivity contribution is 0.368. The van der Waals surface area contributed by atoms with E-state index in [-0.39, 0.29) is 27.3 Å². The van der Waals surface area contributed by atoms with Gasteiger partial charge in [0.25, 0.3) is 0 Å². The molecule has 0 aromatic carbocycles. The fraction of sp³-hybridized carbons (Fsp3) is 0.333. The summed E-state index contributed by atoms with van der Waals surface area (Å²) in [4.78, 5) is 12.3. The summed E-state index contributed by atoms with van der Waals surface area (Å²) in [5.41, 5.74) is 0.179. The number of rotatable bonds is 4. The quantitative estimate of drug-likeness (QED) is 0.718. The van der Waals surface area contributed by atoms with Gasteiger partial charge in [0.15, 0.2) is 4.21 Å². The molecule has 0 saturated heterocycles. The van der Waals surface area contributed by atoms with E-state index in [9.17, 15) is 12.8 Å². The van der Waals surface area contributed by atoms with Gasteiger partial charge in [-0.3, -0.25) is 4.98 Å². The van der Waals surface area contributed by atoms with E-state index in [2.05, 4.69) is 20.1 Å². The number of nitrogens with two attached hydrogens (primary N) is 1. The van der Waals surface area contributed by atoms with E-state index in [1.807, 2.05) is 13.8 Å². The molecular formula is C15H14FN5O3S2. The Morgan fingerprint density at radius 3 is 2.69 bits per heavy atom. The van der Waals surface area contributed by atoms with Crippen LogP contribution in [0.3, 0.4) is 0 Å². The maximum absolute atomic E-state index is 13.3. The number of hydrogen-bond acceptors (Lipinski definition) is 8. The molecule has 0 radical (unpaired) electrons. The number of thiazole rings is 1. The van der Waals surface area contributed by atoms with Crippen molar-refractivity contribution in [3.8, 4) is 11.4 Å². The fourth-order valence-corrected chi connectivity index (χ4v) is 5.02. The van der Waals surface area contributed by atoms with Gasteiger partial charge in [-0.25, -0.2) is 22.9 Å². The number of primary sulfonamides is 1. The molecule has 0 amide bonds. The van der Waals surface area contributed by atoms with Gasteiger partial charge < -0.3 is 4.52 Å². The Morgan fingerprint density at radius 1 is 1.27 bits per heavy atom. The highest BCUT2D eigenvalue weighted by Gasteiger charge is 2.63. The Kier molecular flexibility index (Phi) is 3.72. The summed E-state index contributed by atoms with van der Waals surface area (Å²) < 4.78 is 41.6. The topological polar surface area (TPSA) is 125 Å². The zero-order valence-electron chi connectivity index (χ0n) is 13.7. The number of pyridine rings is 1. The molecule has 1 fully saturated rings. The third kappa shape index (κ3) is 2.81. The lowest BCUT2D eigenvalue weighted by Crippen LogP contribution is -2.09. The molecule has 0 spiro atoms. The van der Waals surface area contributed by atoms with Gasteiger partial charge >= 0.3 is 0 Å². The molecule has 136 valence electrons. The number of nitrogens with zero attached hydrogens (tertiary/aromatic N) is 4. The van der Waals surface area contributed by atoms with Crippen LogP contribution < -0.4 is 5.14 Å². The maximum atomic E-state index is 13.3. The Bertz CT molecular complexity index is 1090. The Labute approximate surface area is 152 Å². The highest BCUT2D eigenvalue weighted by Crippen LogP contribution is 2.70. The summed E-state index contributed by atoms with van der Waals surface area (Å²) in [6.45, 7) is 4.02. The van der Waals surface area contributed by atoms with Crippen LogP contribution in [0.1, 0.15) is 36.6 Å². The summed E-state index contributed by atoms with van der Waals surface area (Å²) in [5.74, 6) is -0.0344. The SMILES string of the molecule is CC1(C)C(c2nc(-c3cncc(F)c3)no2)C1c1ncc(S(N)(=O)=O)s1. The number of hydrogen-bond donors (Lipinski definition) is 1. The molecule has 8 nitrogen and oxygen atoms in total. The first-order chi connectivity index (χ1) is 12.2. The first-order valence-electron chi connectivity index (χ1n) is 7.61. The van der Waals surface area contributed by atoms with Gasteiger partial charge in [0.2, 0.25) is 21.7 Å². The zero-order chi connectivity index (χ0) is 18.7. The summed E-state index contributed by atoms with van der Waals surface area (Å²) in [6.07, 6.45) is 3.81. The molecule has 2 unspecified atom stereocenters. The van der Waals surface area contributed by atoms with Crippen LogP contribution in [-0.4, -0.2) is 28.5 Å². The number of halogens is 1. The maximum Gasteiger partial charge on any atom is 0.249 e. The third-order valence-electron chi connectivity index (χ3n) is 4.55. The average molecular weight is 395 g/mol. The third-order valence-corrected chi connectivity index (χ3v) is 7.04. The second-order valence-electron chi connectivity index (χ2n) is 6.69. The minimum Gasteiger partial charge on any atom is -0.339 e. The van der Waals surface area contributed by atoms with Crippen LogP contribution in [0.4, 0.5) is 4.39 Å². The number of aromatic nitrogens is 4. The van der Waals surface area contributed by atoms with Crippen molar-refractivity contribution in [1.82, 2.24) is 20.1 Å². The Balaban J connectivity index is 1.64. The van der Waals surface area contributed by atoms with Gasteiger partial charge in [-0.2, -0.15) is 4.98 Å². The lowest BCUT2D eigenvalue weighted by atomic mass is 10.1. The number of sulfonamides is 1. The van der Waals surface area contributed by atoms with Crippen LogP contribution >= 0.6 is 11.3 Å². The standard InChI is InChI=1S/C15H14FN5O3S2/c1-15(2)10(11(15)14-19-6-9(25-14)26(17,22)23)13-20-12(21-24-13)7-3-8(16)5-18-4-7/h3-6,10-11H,1-2H3,(H2,17,22,23). The van der Waals surface area contributed by atoms with Crippen molar-refractivity contribution < 1.29 is 17.3 Å². The van der Waals surface area contributed by atoms with Crippen molar-refractivity contribution in [2.75, 3.05) is 0 Å². The lowest BCUT2D eigenvalue weighted by Gasteiger charge is -1.97. The molecule has 3 heterocycles. The van der Waals surface area contributed by atoms with Crippen LogP contribution in [-0.2, 0) is 10.0 Å². The van der Waals surface area contributed by atoms with E-state index in [0.29, 0.717) is 16.5 Å². The monoisotopic (exact) mass is 395 g/mol. The van der Waals surface area contributed by atoms with Crippen LogP contribution in [0.15, 0.2) is 33.4 Å².